The number of aromatic amines is 1. The number of hydrogen-bond acceptors (Lipinski definition) is 3. The highest BCUT2D eigenvalue weighted by atomic mass is 19.4. The molecule has 1 aliphatic carbocycles. The molecule has 8 heteroatoms. The van der Waals surface area contributed by atoms with Crippen molar-refractivity contribution >= 4 is 5.91 Å². The van der Waals surface area contributed by atoms with E-state index >= 15 is 0 Å². The molecular formula is C10H13F3N4O. The molecule has 1 heterocycles. The molecule has 0 aromatic carbocycles. The van der Waals surface area contributed by atoms with Gasteiger partial charge in [-0.25, -0.2) is 4.98 Å². The van der Waals surface area contributed by atoms with E-state index in [1.807, 2.05) is 19.2 Å². The Balaban J connectivity index is 2.09. The van der Waals surface area contributed by atoms with Crippen LogP contribution in [0.1, 0.15) is 49.1 Å². The molecule has 0 radical (unpaired) electrons. The Morgan fingerprint density at radius 2 is 2.06 bits per heavy atom. The second-order valence-corrected chi connectivity index (χ2v) is 4.73. The average Bonchev–Trinajstić information content (AvgIpc) is 2.87. The fourth-order valence-electron chi connectivity index (χ4n) is 1.51. The summed E-state index contributed by atoms with van der Waals surface area (Å²) in [7, 11) is 0. The summed E-state index contributed by atoms with van der Waals surface area (Å²) < 4.78 is 37.9. The van der Waals surface area contributed by atoms with Crippen LogP contribution < -0.4 is 5.32 Å². The third-order valence-electron chi connectivity index (χ3n) is 2.90. The topological polar surface area (TPSA) is 70.7 Å². The van der Waals surface area contributed by atoms with E-state index in [1.54, 1.807) is 0 Å². The van der Waals surface area contributed by atoms with Crippen LogP contribution in [-0.4, -0.2) is 32.8 Å². The summed E-state index contributed by atoms with van der Waals surface area (Å²) in [4.78, 5) is 15.5. The van der Waals surface area contributed by atoms with E-state index in [0.29, 0.717) is 5.82 Å². The summed E-state index contributed by atoms with van der Waals surface area (Å²) in [6.07, 6.45) is -4.62. The first-order valence-electron chi connectivity index (χ1n) is 5.57. The molecule has 2 N–H and O–H groups in total. The van der Waals surface area contributed by atoms with Gasteiger partial charge < -0.3 is 5.32 Å². The molecule has 1 fully saturated rings. The van der Waals surface area contributed by atoms with Crippen molar-refractivity contribution in [1.82, 2.24) is 20.5 Å². The summed E-state index contributed by atoms with van der Waals surface area (Å²) in [5.41, 5.74) is -2.08. The lowest BCUT2D eigenvalue weighted by atomic mass is 10.2. The van der Waals surface area contributed by atoms with E-state index in [0.717, 1.165) is 0 Å². The van der Waals surface area contributed by atoms with Crippen LogP contribution in [-0.2, 0) is 0 Å². The number of carbonyl (C=O) groups is 1. The zero-order chi connectivity index (χ0) is 13.6. The van der Waals surface area contributed by atoms with E-state index in [2.05, 4.69) is 15.2 Å². The van der Waals surface area contributed by atoms with Crippen molar-refractivity contribution in [2.24, 2.45) is 0 Å². The molecule has 1 aromatic rings. The van der Waals surface area contributed by atoms with Crippen molar-refractivity contribution in [2.75, 3.05) is 0 Å². The molecule has 1 aromatic heterocycles. The third-order valence-corrected chi connectivity index (χ3v) is 2.90. The van der Waals surface area contributed by atoms with Crippen LogP contribution in [0, 0.1) is 0 Å². The molecule has 0 spiro atoms. The minimum absolute atomic E-state index is 0.0246. The fourth-order valence-corrected chi connectivity index (χ4v) is 1.51. The van der Waals surface area contributed by atoms with Crippen LogP contribution in [0.15, 0.2) is 0 Å². The maximum Gasteiger partial charge on any atom is 0.411 e. The van der Waals surface area contributed by atoms with Gasteiger partial charge in [0.15, 0.2) is 0 Å². The van der Waals surface area contributed by atoms with Crippen molar-refractivity contribution in [1.29, 1.82) is 0 Å². The van der Waals surface area contributed by atoms with Gasteiger partial charge in [0.05, 0.1) is 0 Å². The SMILES string of the molecule is CC(C)c1nc(C(=O)NC2(C(F)(F)F)CC2)n[nH]1. The monoisotopic (exact) mass is 262 g/mol. The predicted octanol–water partition coefficient (Wildman–Crippen LogP) is 1.75. The van der Waals surface area contributed by atoms with Gasteiger partial charge in [-0.2, -0.15) is 13.2 Å². The highest BCUT2D eigenvalue weighted by Crippen LogP contribution is 2.48. The predicted molar refractivity (Wildman–Crippen MR) is 56.0 cm³/mol. The highest BCUT2D eigenvalue weighted by molar-refractivity contribution is 5.91. The molecule has 0 bridgehead atoms. The molecule has 100 valence electrons. The van der Waals surface area contributed by atoms with Crippen LogP contribution in [0.2, 0.25) is 0 Å². The molecule has 2 rings (SSSR count). The van der Waals surface area contributed by atoms with Crippen molar-refractivity contribution in [3.05, 3.63) is 11.6 Å². The van der Waals surface area contributed by atoms with Gasteiger partial charge in [-0.05, 0) is 12.8 Å². The van der Waals surface area contributed by atoms with Crippen molar-refractivity contribution in [3.8, 4) is 0 Å². The number of hydrogen-bond donors (Lipinski definition) is 2. The summed E-state index contributed by atoms with van der Waals surface area (Å²) >= 11 is 0. The fraction of sp³-hybridized carbons (Fsp3) is 0.700. The number of rotatable bonds is 3. The average molecular weight is 262 g/mol. The lowest BCUT2D eigenvalue weighted by molar-refractivity contribution is -0.163. The first-order chi connectivity index (χ1) is 8.25. The molecule has 0 saturated heterocycles. The summed E-state index contributed by atoms with van der Waals surface area (Å²) in [5.74, 6) is -0.657. The molecule has 5 nitrogen and oxygen atoms in total. The van der Waals surface area contributed by atoms with Gasteiger partial charge in [0.2, 0.25) is 5.82 Å². The van der Waals surface area contributed by atoms with Crippen LogP contribution >= 0.6 is 0 Å². The van der Waals surface area contributed by atoms with E-state index in [4.69, 9.17) is 0 Å². The Hall–Kier alpha value is -1.60. The van der Waals surface area contributed by atoms with Gasteiger partial charge in [0, 0.05) is 5.92 Å². The number of H-pyrrole nitrogens is 1. The molecule has 18 heavy (non-hydrogen) atoms. The molecular weight excluding hydrogens is 249 g/mol. The number of amides is 1. The number of nitrogens with zero attached hydrogens (tertiary/aromatic N) is 2. The number of alkyl halides is 3. The van der Waals surface area contributed by atoms with Gasteiger partial charge in [-0.3, -0.25) is 9.89 Å². The van der Waals surface area contributed by atoms with Gasteiger partial charge in [-0.15, -0.1) is 5.10 Å². The van der Waals surface area contributed by atoms with Crippen LogP contribution in [0.5, 0.6) is 0 Å². The third kappa shape index (κ3) is 2.19. The quantitative estimate of drug-likeness (QED) is 0.871. The molecule has 1 saturated carbocycles. The largest absolute Gasteiger partial charge is 0.411 e. The molecule has 0 aliphatic heterocycles. The Labute approximate surface area is 101 Å². The lowest BCUT2D eigenvalue weighted by Crippen LogP contribution is -2.48. The Morgan fingerprint density at radius 3 is 2.44 bits per heavy atom. The first-order valence-corrected chi connectivity index (χ1v) is 5.57. The first kappa shape index (κ1) is 12.8. The summed E-state index contributed by atoms with van der Waals surface area (Å²) in [6, 6.07) is 0. The van der Waals surface area contributed by atoms with Gasteiger partial charge in [-0.1, -0.05) is 13.8 Å². The zero-order valence-corrected chi connectivity index (χ0v) is 9.93. The number of nitrogens with one attached hydrogen (secondary N) is 2. The van der Waals surface area contributed by atoms with Crippen molar-refractivity contribution in [3.63, 3.8) is 0 Å². The van der Waals surface area contributed by atoms with E-state index in [-0.39, 0.29) is 24.6 Å². The summed E-state index contributed by atoms with van der Waals surface area (Å²) in [6.45, 7) is 3.67. The normalized spacial score (nSPS) is 17.9. The number of aromatic nitrogens is 3. The van der Waals surface area contributed by atoms with Gasteiger partial charge in [0.1, 0.15) is 11.4 Å². The van der Waals surface area contributed by atoms with Crippen molar-refractivity contribution in [2.45, 2.75) is 44.3 Å². The second kappa shape index (κ2) is 3.96. The van der Waals surface area contributed by atoms with Gasteiger partial charge >= 0.3 is 6.18 Å². The number of halogens is 3. The minimum Gasteiger partial charge on any atom is -0.335 e. The Kier molecular flexibility index (Phi) is 2.83. The van der Waals surface area contributed by atoms with E-state index < -0.39 is 17.6 Å². The minimum atomic E-state index is -4.43. The van der Waals surface area contributed by atoms with Crippen molar-refractivity contribution < 1.29 is 18.0 Å². The Bertz CT molecular complexity index is 462. The van der Waals surface area contributed by atoms with E-state index in [9.17, 15) is 18.0 Å². The zero-order valence-electron chi connectivity index (χ0n) is 9.93. The summed E-state index contributed by atoms with van der Waals surface area (Å²) in [5, 5.41) is 8.11. The van der Waals surface area contributed by atoms with Crippen LogP contribution in [0.4, 0.5) is 13.2 Å². The lowest BCUT2D eigenvalue weighted by Gasteiger charge is -2.19. The standard InChI is InChI=1S/C10H13F3N4O/c1-5(2)6-14-7(17-16-6)8(18)15-9(3-4-9)10(11,12)13/h5H,3-4H2,1-2H3,(H,15,18)(H,14,16,17). The van der Waals surface area contributed by atoms with E-state index in [1.165, 1.54) is 0 Å². The second-order valence-electron chi connectivity index (χ2n) is 4.73. The molecule has 0 atom stereocenters. The Morgan fingerprint density at radius 1 is 1.44 bits per heavy atom. The molecule has 1 amide bonds. The van der Waals surface area contributed by atoms with Gasteiger partial charge in [0.25, 0.3) is 5.91 Å². The molecule has 1 aliphatic rings. The van der Waals surface area contributed by atoms with Crippen LogP contribution in [0.25, 0.3) is 0 Å². The maximum absolute atomic E-state index is 12.6. The smallest absolute Gasteiger partial charge is 0.335 e. The van der Waals surface area contributed by atoms with Crippen LogP contribution in [0.3, 0.4) is 0 Å². The maximum atomic E-state index is 12.6. The molecule has 0 unspecified atom stereocenters. The highest BCUT2D eigenvalue weighted by Gasteiger charge is 2.64. The number of carbonyl (C=O) groups excluding carboxylic acids is 1.